The zero-order chi connectivity index (χ0) is 13.7. The maximum Gasteiger partial charge on any atom is 0.354 e. The number of aliphatic hydroxyl groups excluding tert-OH is 1. The van der Waals surface area contributed by atoms with Crippen molar-refractivity contribution in [1.29, 1.82) is 0 Å². The molecule has 0 aromatic carbocycles. The Balaban J connectivity index is 1.87. The van der Waals surface area contributed by atoms with Crippen LogP contribution < -0.4 is 5.32 Å². The van der Waals surface area contributed by atoms with Crippen LogP contribution in [0.25, 0.3) is 0 Å². The van der Waals surface area contributed by atoms with Gasteiger partial charge in [-0.05, 0) is 30.9 Å². The molecule has 104 valence electrons. The van der Waals surface area contributed by atoms with Gasteiger partial charge in [-0.1, -0.05) is 25.3 Å². The Morgan fingerprint density at radius 1 is 1.37 bits per heavy atom. The van der Waals surface area contributed by atoms with Crippen LogP contribution in [0, 0.1) is 5.92 Å². The molecule has 0 bridgehead atoms. The van der Waals surface area contributed by atoms with Crippen LogP contribution in [-0.2, 0) is 0 Å². The molecular weight excluding hydrogens is 244 g/mol. The van der Waals surface area contributed by atoms with E-state index < -0.39 is 12.1 Å². The maximum atomic E-state index is 10.8. The first-order valence-corrected chi connectivity index (χ1v) is 6.79. The molecule has 1 aromatic heterocycles. The number of nitrogens with one attached hydrogen (secondary N) is 1. The summed E-state index contributed by atoms with van der Waals surface area (Å²) in [6.07, 6.45) is 5.40. The molecule has 1 saturated carbocycles. The number of aliphatic hydroxyl groups is 1. The third-order valence-corrected chi connectivity index (χ3v) is 3.65. The van der Waals surface area contributed by atoms with Crippen molar-refractivity contribution in [1.82, 2.24) is 4.98 Å². The number of nitrogens with zero attached hydrogens (tertiary/aromatic N) is 1. The van der Waals surface area contributed by atoms with Crippen molar-refractivity contribution in [3.05, 3.63) is 23.9 Å². The van der Waals surface area contributed by atoms with Gasteiger partial charge in [0.1, 0.15) is 5.82 Å². The highest BCUT2D eigenvalue weighted by Gasteiger charge is 2.21. The van der Waals surface area contributed by atoms with Gasteiger partial charge in [0.05, 0.1) is 6.10 Å². The van der Waals surface area contributed by atoms with Gasteiger partial charge in [0.15, 0.2) is 5.69 Å². The molecule has 0 radical (unpaired) electrons. The van der Waals surface area contributed by atoms with Gasteiger partial charge < -0.3 is 15.5 Å². The molecule has 1 atom stereocenters. The van der Waals surface area contributed by atoms with Gasteiger partial charge in [0.25, 0.3) is 0 Å². The molecule has 1 aromatic rings. The Labute approximate surface area is 112 Å². The van der Waals surface area contributed by atoms with Gasteiger partial charge in [-0.25, -0.2) is 9.78 Å². The van der Waals surface area contributed by atoms with E-state index in [-0.39, 0.29) is 5.69 Å². The Hall–Kier alpha value is -1.62. The molecule has 1 heterocycles. The van der Waals surface area contributed by atoms with Gasteiger partial charge in [-0.15, -0.1) is 0 Å². The van der Waals surface area contributed by atoms with E-state index in [0.717, 1.165) is 12.8 Å². The van der Waals surface area contributed by atoms with E-state index in [4.69, 9.17) is 5.11 Å². The predicted molar refractivity (Wildman–Crippen MR) is 72.3 cm³/mol. The summed E-state index contributed by atoms with van der Waals surface area (Å²) in [5.74, 6) is -0.199. The molecule has 5 nitrogen and oxygen atoms in total. The summed E-state index contributed by atoms with van der Waals surface area (Å²) >= 11 is 0. The summed E-state index contributed by atoms with van der Waals surface area (Å²) in [6.45, 7) is 0.417. The van der Waals surface area contributed by atoms with E-state index in [2.05, 4.69) is 10.3 Å². The van der Waals surface area contributed by atoms with E-state index in [9.17, 15) is 9.90 Å². The molecule has 5 heteroatoms. The number of carboxylic acid groups (broad SMARTS) is 1. The number of aromatic nitrogens is 1. The molecule has 1 aliphatic rings. The quantitative estimate of drug-likeness (QED) is 0.759. The molecule has 1 aliphatic carbocycles. The van der Waals surface area contributed by atoms with Crippen LogP contribution in [0.1, 0.15) is 42.6 Å². The number of carbonyl (C=O) groups is 1. The largest absolute Gasteiger partial charge is 0.477 e. The first-order valence-electron chi connectivity index (χ1n) is 6.79. The average molecular weight is 264 g/mol. The van der Waals surface area contributed by atoms with Gasteiger partial charge in [-0.3, -0.25) is 0 Å². The number of anilines is 1. The van der Waals surface area contributed by atoms with Crippen molar-refractivity contribution in [3.8, 4) is 0 Å². The van der Waals surface area contributed by atoms with E-state index in [0.29, 0.717) is 18.3 Å². The lowest BCUT2D eigenvalue weighted by Crippen LogP contribution is -2.30. The fraction of sp³-hybridized carbons (Fsp3) is 0.571. The van der Waals surface area contributed by atoms with E-state index in [1.807, 2.05) is 0 Å². The monoisotopic (exact) mass is 264 g/mol. The molecule has 0 amide bonds. The Morgan fingerprint density at radius 2 is 2.11 bits per heavy atom. The molecule has 3 N–H and O–H groups in total. The summed E-state index contributed by atoms with van der Waals surface area (Å²) in [5.41, 5.74) is 0.0113. The molecule has 0 aliphatic heterocycles. The lowest BCUT2D eigenvalue weighted by Gasteiger charge is -2.26. The zero-order valence-electron chi connectivity index (χ0n) is 10.9. The van der Waals surface area contributed by atoms with Crippen molar-refractivity contribution in [3.63, 3.8) is 0 Å². The minimum Gasteiger partial charge on any atom is -0.477 e. The highest BCUT2D eigenvalue weighted by atomic mass is 16.4. The Bertz CT molecular complexity index is 430. The molecule has 0 saturated heterocycles. The average Bonchev–Trinajstić information content (AvgIpc) is 2.46. The molecule has 2 rings (SSSR count). The first-order chi connectivity index (χ1) is 9.16. The van der Waals surface area contributed by atoms with Crippen LogP contribution in [-0.4, -0.2) is 33.8 Å². The minimum atomic E-state index is -1.04. The van der Waals surface area contributed by atoms with Crippen molar-refractivity contribution in [2.45, 2.75) is 38.2 Å². The van der Waals surface area contributed by atoms with Crippen molar-refractivity contribution in [2.75, 3.05) is 11.9 Å². The van der Waals surface area contributed by atoms with Crippen LogP contribution in [0.5, 0.6) is 0 Å². The van der Waals surface area contributed by atoms with Crippen LogP contribution in [0.2, 0.25) is 0 Å². The fourth-order valence-electron chi connectivity index (χ4n) is 2.55. The summed E-state index contributed by atoms with van der Waals surface area (Å²) < 4.78 is 0. The number of aromatic carboxylic acids is 1. The Kier molecular flexibility index (Phi) is 4.74. The second kappa shape index (κ2) is 6.52. The third-order valence-electron chi connectivity index (χ3n) is 3.65. The molecular formula is C14H20N2O3. The van der Waals surface area contributed by atoms with E-state index in [1.165, 1.54) is 25.3 Å². The third kappa shape index (κ3) is 3.92. The minimum absolute atomic E-state index is 0.0113. The predicted octanol–water partition coefficient (Wildman–Crippen LogP) is 2.13. The van der Waals surface area contributed by atoms with Gasteiger partial charge >= 0.3 is 5.97 Å². The van der Waals surface area contributed by atoms with Crippen molar-refractivity contribution in [2.24, 2.45) is 5.92 Å². The Morgan fingerprint density at radius 3 is 2.79 bits per heavy atom. The van der Waals surface area contributed by atoms with E-state index >= 15 is 0 Å². The normalized spacial score (nSPS) is 17.9. The second-order valence-electron chi connectivity index (χ2n) is 5.06. The summed E-state index contributed by atoms with van der Waals surface area (Å²) in [6, 6.07) is 4.80. The molecule has 19 heavy (non-hydrogen) atoms. The van der Waals surface area contributed by atoms with Crippen LogP contribution in [0.15, 0.2) is 18.2 Å². The van der Waals surface area contributed by atoms with Crippen LogP contribution in [0.3, 0.4) is 0 Å². The van der Waals surface area contributed by atoms with E-state index in [1.54, 1.807) is 12.1 Å². The lowest BCUT2D eigenvalue weighted by molar-refractivity contribution is 0.0690. The highest BCUT2D eigenvalue weighted by Crippen LogP contribution is 2.26. The standard InChI is InChI=1S/C14H20N2O3/c17-12(10-5-2-1-3-6-10)9-15-13-8-4-7-11(16-13)14(18)19/h4,7-8,10,12,17H,1-3,5-6,9H2,(H,15,16)(H,18,19). The smallest absolute Gasteiger partial charge is 0.354 e. The number of carboxylic acids is 1. The summed E-state index contributed by atoms with van der Waals surface area (Å²) in [7, 11) is 0. The molecule has 1 unspecified atom stereocenters. The lowest BCUT2D eigenvalue weighted by atomic mass is 9.85. The second-order valence-corrected chi connectivity index (χ2v) is 5.06. The van der Waals surface area contributed by atoms with Gasteiger partial charge in [0.2, 0.25) is 0 Å². The first kappa shape index (κ1) is 13.8. The number of pyridine rings is 1. The number of hydrogen-bond donors (Lipinski definition) is 3. The number of hydrogen-bond acceptors (Lipinski definition) is 4. The maximum absolute atomic E-state index is 10.8. The van der Waals surface area contributed by atoms with Crippen LogP contribution in [0.4, 0.5) is 5.82 Å². The SMILES string of the molecule is O=C(O)c1cccc(NCC(O)C2CCCCC2)n1. The van der Waals surface area contributed by atoms with Crippen molar-refractivity contribution >= 4 is 11.8 Å². The summed E-state index contributed by atoms with van der Waals surface area (Å²) in [5, 5.41) is 22.0. The number of rotatable bonds is 5. The topological polar surface area (TPSA) is 82.5 Å². The zero-order valence-corrected chi connectivity index (χ0v) is 10.9. The molecule has 0 spiro atoms. The fourth-order valence-corrected chi connectivity index (χ4v) is 2.55. The summed E-state index contributed by atoms with van der Waals surface area (Å²) in [4.78, 5) is 14.8. The molecule has 1 fully saturated rings. The van der Waals surface area contributed by atoms with Crippen LogP contribution >= 0.6 is 0 Å². The van der Waals surface area contributed by atoms with Crippen molar-refractivity contribution < 1.29 is 15.0 Å². The highest BCUT2D eigenvalue weighted by molar-refractivity contribution is 5.85. The van der Waals surface area contributed by atoms with Gasteiger partial charge in [-0.2, -0.15) is 0 Å². The van der Waals surface area contributed by atoms with Gasteiger partial charge in [0, 0.05) is 6.54 Å².